The third-order valence-electron chi connectivity index (χ3n) is 2.04. The molecule has 80 valence electrons. The smallest absolute Gasteiger partial charge is 0.00183 e. The van der Waals surface area contributed by atoms with Gasteiger partial charge in [0, 0.05) is 6.04 Å². The zero-order valence-corrected chi connectivity index (χ0v) is 10.2. The molecule has 0 aromatic carbocycles. The van der Waals surface area contributed by atoms with E-state index in [1.165, 1.54) is 30.8 Å². The normalized spacial score (nSPS) is 13.6. The summed E-state index contributed by atoms with van der Waals surface area (Å²) in [7, 11) is 0. The maximum Gasteiger partial charge on any atom is 0.00183 e. The molecule has 0 aliphatic heterocycles. The quantitative estimate of drug-likeness (QED) is 0.613. The third kappa shape index (κ3) is 12.3. The highest BCUT2D eigenvalue weighted by Crippen LogP contribution is 2.11. The molecule has 0 aromatic heterocycles. The fourth-order valence-corrected chi connectivity index (χ4v) is 2.28. The summed E-state index contributed by atoms with van der Waals surface area (Å²) in [5.41, 5.74) is 5.66. The second-order valence-electron chi connectivity index (χ2n) is 4.27. The van der Waals surface area contributed by atoms with Crippen LogP contribution >= 0.6 is 11.8 Å². The Morgan fingerprint density at radius 2 is 1.69 bits per heavy atom. The van der Waals surface area contributed by atoms with E-state index in [1.54, 1.807) is 0 Å². The maximum atomic E-state index is 5.66. The second kappa shape index (κ2) is 8.89. The highest BCUT2D eigenvalue weighted by Gasteiger charge is 1.96. The molecule has 0 aliphatic carbocycles. The Hall–Kier alpha value is 0.310. The summed E-state index contributed by atoms with van der Waals surface area (Å²) in [5, 5.41) is 0. The van der Waals surface area contributed by atoms with Gasteiger partial charge in [0.05, 0.1) is 0 Å². The lowest BCUT2D eigenvalue weighted by Crippen LogP contribution is -2.15. The summed E-state index contributed by atoms with van der Waals surface area (Å²) >= 11 is 2.05. The van der Waals surface area contributed by atoms with Crippen LogP contribution in [0, 0.1) is 5.92 Å². The molecule has 0 rings (SSSR count). The molecule has 13 heavy (non-hydrogen) atoms. The van der Waals surface area contributed by atoms with E-state index in [4.69, 9.17) is 5.73 Å². The third-order valence-corrected chi connectivity index (χ3v) is 3.14. The first-order valence-corrected chi connectivity index (χ1v) is 6.61. The van der Waals surface area contributed by atoms with E-state index in [1.807, 2.05) is 0 Å². The number of rotatable bonds is 8. The number of nitrogens with two attached hydrogens (primary N) is 1. The van der Waals surface area contributed by atoms with Crippen molar-refractivity contribution in [3.63, 3.8) is 0 Å². The molecule has 0 aromatic rings. The fraction of sp³-hybridized carbons (Fsp3) is 1.00. The van der Waals surface area contributed by atoms with Crippen LogP contribution in [0.25, 0.3) is 0 Å². The first kappa shape index (κ1) is 13.3. The summed E-state index contributed by atoms with van der Waals surface area (Å²) in [6.45, 7) is 6.67. The van der Waals surface area contributed by atoms with Gasteiger partial charge in [0.2, 0.25) is 0 Å². The van der Waals surface area contributed by atoms with Crippen LogP contribution in [0.5, 0.6) is 0 Å². The molecule has 0 amide bonds. The molecule has 0 spiro atoms. The standard InChI is InChI=1S/C11H25NS/c1-10(2)6-4-5-8-13-9-7-11(3)12/h10-11H,4-9,12H2,1-3H3/t11-/m1/s1. The summed E-state index contributed by atoms with van der Waals surface area (Å²) in [6, 6.07) is 0.378. The Balaban J connectivity index is 2.92. The minimum Gasteiger partial charge on any atom is -0.328 e. The van der Waals surface area contributed by atoms with Gasteiger partial charge < -0.3 is 5.73 Å². The first-order valence-electron chi connectivity index (χ1n) is 5.46. The zero-order chi connectivity index (χ0) is 10.1. The molecular formula is C11H25NS. The number of hydrogen-bond acceptors (Lipinski definition) is 2. The highest BCUT2D eigenvalue weighted by molar-refractivity contribution is 7.99. The van der Waals surface area contributed by atoms with Crippen molar-refractivity contribution in [2.75, 3.05) is 11.5 Å². The lowest BCUT2D eigenvalue weighted by Gasteiger charge is -2.05. The lowest BCUT2D eigenvalue weighted by molar-refractivity contribution is 0.551. The van der Waals surface area contributed by atoms with E-state index >= 15 is 0 Å². The van der Waals surface area contributed by atoms with E-state index in [9.17, 15) is 0 Å². The van der Waals surface area contributed by atoms with E-state index < -0.39 is 0 Å². The molecule has 2 N–H and O–H groups in total. The van der Waals surface area contributed by atoms with Gasteiger partial charge in [-0.05, 0) is 37.2 Å². The van der Waals surface area contributed by atoms with Crippen LogP contribution < -0.4 is 5.73 Å². The van der Waals surface area contributed by atoms with Gasteiger partial charge in [0.1, 0.15) is 0 Å². The molecule has 0 aliphatic rings. The molecule has 0 heterocycles. The first-order chi connectivity index (χ1) is 6.13. The molecular weight excluding hydrogens is 178 g/mol. The molecule has 2 heteroatoms. The average molecular weight is 203 g/mol. The summed E-state index contributed by atoms with van der Waals surface area (Å²) < 4.78 is 0. The highest BCUT2D eigenvalue weighted by atomic mass is 32.2. The van der Waals surface area contributed by atoms with E-state index in [0.717, 1.165) is 12.3 Å². The van der Waals surface area contributed by atoms with Gasteiger partial charge in [0.15, 0.2) is 0 Å². The Bertz CT molecular complexity index is 90.3. The average Bonchev–Trinajstić information content (AvgIpc) is 2.01. The predicted molar refractivity (Wildman–Crippen MR) is 64.3 cm³/mol. The number of unbranched alkanes of at least 4 members (excludes halogenated alkanes) is 1. The number of thioether (sulfide) groups is 1. The second-order valence-corrected chi connectivity index (χ2v) is 5.49. The summed E-state index contributed by atoms with van der Waals surface area (Å²) in [4.78, 5) is 0. The van der Waals surface area contributed by atoms with Crippen LogP contribution in [-0.4, -0.2) is 17.5 Å². The van der Waals surface area contributed by atoms with Gasteiger partial charge in [-0.25, -0.2) is 0 Å². The van der Waals surface area contributed by atoms with Crippen molar-refractivity contribution in [3.8, 4) is 0 Å². The maximum absolute atomic E-state index is 5.66. The molecule has 0 saturated carbocycles. The van der Waals surface area contributed by atoms with Gasteiger partial charge >= 0.3 is 0 Å². The topological polar surface area (TPSA) is 26.0 Å². The van der Waals surface area contributed by atoms with Crippen molar-refractivity contribution in [1.29, 1.82) is 0 Å². The van der Waals surface area contributed by atoms with Crippen LogP contribution in [0.1, 0.15) is 46.5 Å². The SMILES string of the molecule is CC(C)CCCCSCC[C@@H](C)N. The molecule has 0 bridgehead atoms. The van der Waals surface area contributed by atoms with Crippen LogP contribution in [0.2, 0.25) is 0 Å². The minimum atomic E-state index is 0.378. The van der Waals surface area contributed by atoms with Crippen LogP contribution in [-0.2, 0) is 0 Å². The Morgan fingerprint density at radius 3 is 2.23 bits per heavy atom. The molecule has 0 saturated heterocycles. The summed E-state index contributed by atoms with van der Waals surface area (Å²) in [5.74, 6) is 3.42. The van der Waals surface area contributed by atoms with E-state index in [0.29, 0.717) is 6.04 Å². The number of hydrogen-bond donors (Lipinski definition) is 1. The predicted octanol–water partition coefficient (Wildman–Crippen LogP) is 3.28. The molecule has 1 nitrogen and oxygen atoms in total. The van der Waals surface area contributed by atoms with E-state index in [2.05, 4.69) is 32.5 Å². The van der Waals surface area contributed by atoms with Crippen molar-refractivity contribution in [2.45, 2.75) is 52.5 Å². The monoisotopic (exact) mass is 203 g/mol. The van der Waals surface area contributed by atoms with Crippen LogP contribution in [0.3, 0.4) is 0 Å². The molecule has 0 radical (unpaired) electrons. The van der Waals surface area contributed by atoms with Crippen molar-refractivity contribution in [1.82, 2.24) is 0 Å². The minimum absolute atomic E-state index is 0.378. The van der Waals surface area contributed by atoms with Crippen LogP contribution in [0.15, 0.2) is 0 Å². The Labute approximate surface area is 87.9 Å². The van der Waals surface area contributed by atoms with Crippen molar-refractivity contribution in [2.24, 2.45) is 11.7 Å². The summed E-state index contributed by atoms with van der Waals surface area (Å²) in [6.07, 6.45) is 5.31. The van der Waals surface area contributed by atoms with Crippen molar-refractivity contribution >= 4 is 11.8 Å². The Morgan fingerprint density at radius 1 is 1.00 bits per heavy atom. The largest absolute Gasteiger partial charge is 0.328 e. The van der Waals surface area contributed by atoms with Crippen molar-refractivity contribution < 1.29 is 0 Å². The van der Waals surface area contributed by atoms with Gasteiger partial charge in [-0.1, -0.05) is 26.7 Å². The molecule has 0 unspecified atom stereocenters. The van der Waals surface area contributed by atoms with Gasteiger partial charge in [0.25, 0.3) is 0 Å². The lowest BCUT2D eigenvalue weighted by atomic mass is 10.1. The van der Waals surface area contributed by atoms with Crippen LogP contribution in [0.4, 0.5) is 0 Å². The Kier molecular flexibility index (Phi) is 9.10. The van der Waals surface area contributed by atoms with Gasteiger partial charge in [-0.3, -0.25) is 0 Å². The van der Waals surface area contributed by atoms with Crippen molar-refractivity contribution in [3.05, 3.63) is 0 Å². The zero-order valence-electron chi connectivity index (χ0n) is 9.38. The molecule has 1 atom stereocenters. The fourth-order valence-electron chi connectivity index (χ4n) is 1.13. The van der Waals surface area contributed by atoms with Gasteiger partial charge in [-0.2, -0.15) is 11.8 Å². The molecule has 0 fully saturated rings. The van der Waals surface area contributed by atoms with Gasteiger partial charge in [-0.15, -0.1) is 0 Å². The van der Waals surface area contributed by atoms with E-state index in [-0.39, 0.29) is 0 Å².